The number of carbonyl (C=O) groups excluding carboxylic acids is 1. The Kier molecular flexibility index (Phi) is 3.97. The molecule has 4 rings (SSSR count). The highest BCUT2D eigenvalue weighted by Crippen LogP contribution is 2.40. The molecule has 134 valence electrons. The van der Waals surface area contributed by atoms with Crippen molar-refractivity contribution < 1.29 is 9.90 Å². The molecule has 0 aliphatic rings. The van der Waals surface area contributed by atoms with Crippen LogP contribution >= 0.6 is 11.6 Å². The third kappa shape index (κ3) is 2.85. The number of aromatic amines is 2. The van der Waals surface area contributed by atoms with Crippen molar-refractivity contribution in [2.75, 3.05) is 0 Å². The minimum atomic E-state index is -0.852. The molecule has 0 unspecified atom stereocenters. The van der Waals surface area contributed by atoms with Crippen molar-refractivity contribution in [2.24, 2.45) is 10.2 Å². The Morgan fingerprint density at radius 3 is 2.78 bits per heavy atom. The number of aromatic nitrogens is 3. The van der Waals surface area contributed by atoms with Gasteiger partial charge in [-0.25, -0.2) is 4.98 Å². The molecule has 0 fully saturated rings. The standard InChI is InChI=1S/C18H12ClN5O3/c1-8-6-7-10(19)12-13(8)21-17(26)14(12)23-24-18(27)15-20-11-5-3-2-4-9(11)16(25)22-15/h2-7,21,26H,1H3,(H,20,22,25). The summed E-state index contributed by atoms with van der Waals surface area (Å²) in [5.74, 6) is -1.36. The maximum Gasteiger partial charge on any atom is 0.331 e. The van der Waals surface area contributed by atoms with E-state index in [4.69, 9.17) is 11.6 Å². The van der Waals surface area contributed by atoms with Gasteiger partial charge in [0, 0.05) is 0 Å². The predicted molar refractivity (Wildman–Crippen MR) is 101 cm³/mol. The Balaban J connectivity index is 1.77. The quantitative estimate of drug-likeness (QED) is 0.454. The van der Waals surface area contributed by atoms with Crippen molar-refractivity contribution in [3.8, 4) is 5.88 Å². The average Bonchev–Trinajstić information content (AvgIpc) is 3.00. The number of para-hydroxylation sites is 1. The maximum atomic E-state index is 12.3. The highest BCUT2D eigenvalue weighted by Gasteiger charge is 2.17. The second kappa shape index (κ2) is 6.33. The van der Waals surface area contributed by atoms with Crippen molar-refractivity contribution in [2.45, 2.75) is 6.92 Å². The number of nitrogens with one attached hydrogen (secondary N) is 2. The Labute approximate surface area is 156 Å². The van der Waals surface area contributed by atoms with Gasteiger partial charge in [-0.2, -0.15) is 0 Å². The van der Waals surface area contributed by atoms with Gasteiger partial charge in [-0.3, -0.25) is 9.59 Å². The van der Waals surface area contributed by atoms with E-state index < -0.39 is 11.5 Å². The summed E-state index contributed by atoms with van der Waals surface area (Å²) in [5, 5.41) is 18.7. The summed E-state index contributed by atoms with van der Waals surface area (Å²) < 4.78 is 0. The average molecular weight is 382 g/mol. The van der Waals surface area contributed by atoms with Crippen molar-refractivity contribution >= 4 is 45.0 Å². The Morgan fingerprint density at radius 2 is 1.96 bits per heavy atom. The van der Waals surface area contributed by atoms with Crippen molar-refractivity contribution in [3.63, 3.8) is 0 Å². The van der Waals surface area contributed by atoms with Crippen molar-refractivity contribution in [3.05, 3.63) is 63.2 Å². The van der Waals surface area contributed by atoms with E-state index in [1.165, 1.54) is 0 Å². The molecule has 0 saturated heterocycles. The van der Waals surface area contributed by atoms with Crippen molar-refractivity contribution in [1.82, 2.24) is 15.0 Å². The SMILES string of the molecule is Cc1ccc(Cl)c2c(N=NC(=O)c3nc4ccccc4c(=O)[nH]3)c(O)[nH]c12. The molecule has 2 aromatic carbocycles. The van der Waals surface area contributed by atoms with E-state index >= 15 is 0 Å². The van der Waals surface area contributed by atoms with Crippen LogP contribution in [0, 0.1) is 6.92 Å². The highest BCUT2D eigenvalue weighted by atomic mass is 35.5. The Bertz CT molecular complexity index is 1310. The molecule has 0 saturated carbocycles. The number of halogens is 1. The molecule has 2 aromatic heterocycles. The van der Waals surface area contributed by atoms with Crippen LogP contribution in [0.4, 0.5) is 5.69 Å². The zero-order valence-electron chi connectivity index (χ0n) is 13.9. The molecule has 0 radical (unpaired) electrons. The summed E-state index contributed by atoms with van der Waals surface area (Å²) in [4.78, 5) is 33.6. The number of carbonyl (C=O) groups is 1. The Hall–Kier alpha value is -3.52. The van der Waals surface area contributed by atoms with E-state index in [-0.39, 0.29) is 17.4 Å². The van der Waals surface area contributed by atoms with Crippen LogP contribution in [-0.4, -0.2) is 26.0 Å². The topological polar surface area (TPSA) is 124 Å². The van der Waals surface area contributed by atoms with E-state index in [1.807, 2.05) is 6.92 Å². The van der Waals surface area contributed by atoms with E-state index in [1.54, 1.807) is 36.4 Å². The van der Waals surface area contributed by atoms with Gasteiger partial charge in [0.2, 0.25) is 11.7 Å². The first kappa shape index (κ1) is 16.9. The van der Waals surface area contributed by atoms with Gasteiger partial charge in [0.25, 0.3) is 5.56 Å². The largest absolute Gasteiger partial charge is 0.493 e. The molecule has 9 heteroatoms. The molecule has 2 heterocycles. The Morgan fingerprint density at radius 1 is 1.19 bits per heavy atom. The van der Waals surface area contributed by atoms with Crippen LogP contribution in [-0.2, 0) is 0 Å². The minimum absolute atomic E-state index is 0.0372. The van der Waals surface area contributed by atoms with Crippen LogP contribution in [0.3, 0.4) is 0 Å². The van der Waals surface area contributed by atoms with E-state index in [0.29, 0.717) is 26.8 Å². The van der Waals surface area contributed by atoms with E-state index in [2.05, 4.69) is 25.2 Å². The summed E-state index contributed by atoms with van der Waals surface area (Å²) in [7, 11) is 0. The molecule has 0 spiro atoms. The number of H-pyrrole nitrogens is 2. The summed E-state index contributed by atoms with van der Waals surface area (Å²) in [6.07, 6.45) is 0. The van der Waals surface area contributed by atoms with Gasteiger partial charge in [0.1, 0.15) is 0 Å². The number of rotatable bonds is 2. The van der Waals surface area contributed by atoms with E-state index in [9.17, 15) is 14.7 Å². The van der Waals surface area contributed by atoms with Crippen LogP contribution in [0.1, 0.15) is 16.2 Å². The summed E-state index contributed by atoms with van der Waals surface area (Å²) in [6.45, 7) is 1.84. The van der Waals surface area contributed by atoms with Gasteiger partial charge in [-0.1, -0.05) is 29.8 Å². The zero-order chi connectivity index (χ0) is 19.1. The lowest BCUT2D eigenvalue weighted by atomic mass is 10.1. The first-order chi connectivity index (χ1) is 13.0. The number of nitrogens with zero attached hydrogens (tertiary/aromatic N) is 3. The van der Waals surface area contributed by atoms with Gasteiger partial charge in [-0.15, -0.1) is 10.2 Å². The maximum absolute atomic E-state index is 12.3. The number of hydrogen-bond donors (Lipinski definition) is 3. The monoisotopic (exact) mass is 381 g/mol. The molecule has 8 nitrogen and oxygen atoms in total. The van der Waals surface area contributed by atoms with Crippen LogP contribution < -0.4 is 5.56 Å². The highest BCUT2D eigenvalue weighted by molar-refractivity contribution is 6.36. The molecule has 1 amide bonds. The van der Waals surface area contributed by atoms with Gasteiger partial charge >= 0.3 is 5.91 Å². The number of amides is 1. The first-order valence-corrected chi connectivity index (χ1v) is 8.28. The molecule has 0 atom stereocenters. The van der Waals surface area contributed by atoms with Gasteiger partial charge in [0.05, 0.1) is 26.8 Å². The number of hydrogen-bond acceptors (Lipinski definition) is 5. The second-order valence-corrected chi connectivity index (χ2v) is 6.28. The fourth-order valence-electron chi connectivity index (χ4n) is 2.80. The number of benzene rings is 2. The fraction of sp³-hybridized carbons (Fsp3) is 0.0556. The predicted octanol–water partition coefficient (Wildman–Crippen LogP) is 4.00. The molecular weight excluding hydrogens is 370 g/mol. The van der Waals surface area contributed by atoms with Crippen LogP contribution in [0.25, 0.3) is 21.8 Å². The lowest BCUT2D eigenvalue weighted by Crippen LogP contribution is -2.14. The summed E-state index contributed by atoms with van der Waals surface area (Å²) in [6, 6.07) is 10.1. The van der Waals surface area contributed by atoms with E-state index in [0.717, 1.165) is 5.56 Å². The summed E-state index contributed by atoms with van der Waals surface area (Å²) in [5.41, 5.74) is 1.40. The molecule has 3 N–H and O–H groups in total. The third-order valence-electron chi connectivity index (χ3n) is 4.12. The molecular formula is C18H12ClN5O3. The molecule has 4 aromatic rings. The first-order valence-electron chi connectivity index (χ1n) is 7.90. The number of fused-ring (bicyclic) bond motifs is 2. The molecule has 0 aliphatic heterocycles. The van der Waals surface area contributed by atoms with Crippen molar-refractivity contribution in [1.29, 1.82) is 0 Å². The molecule has 0 bridgehead atoms. The molecule has 27 heavy (non-hydrogen) atoms. The number of aryl methyl sites for hydroxylation is 1. The lowest BCUT2D eigenvalue weighted by Gasteiger charge is -1.99. The number of azo groups is 1. The number of aromatic hydroxyl groups is 1. The smallest absolute Gasteiger partial charge is 0.331 e. The summed E-state index contributed by atoms with van der Waals surface area (Å²) >= 11 is 6.19. The van der Waals surface area contributed by atoms with Crippen LogP contribution in [0.2, 0.25) is 5.02 Å². The third-order valence-corrected chi connectivity index (χ3v) is 4.44. The zero-order valence-corrected chi connectivity index (χ0v) is 14.7. The van der Waals surface area contributed by atoms with Crippen LogP contribution in [0.5, 0.6) is 5.88 Å². The fourth-order valence-corrected chi connectivity index (χ4v) is 3.04. The second-order valence-electron chi connectivity index (χ2n) is 5.87. The van der Waals surface area contributed by atoms with Crippen LogP contribution in [0.15, 0.2) is 51.4 Å². The lowest BCUT2D eigenvalue weighted by molar-refractivity contribution is 0.0985. The van der Waals surface area contributed by atoms with Gasteiger partial charge in [-0.05, 0) is 30.7 Å². The van der Waals surface area contributed by atoms with Gasteiger partial charge in [0.15, 0.2) is 5.69 Å². The minimum Gasteiger partial charge on any atom is -0.493 e. The van der Waals surface area contributed by atoms with Gasteiger partial charge < -0.3 is 15.1 Å². The molecule has 0 aliphatic carbocycles. The normalized spacial score (nSPS) is 11.6.